The van der Waals surface area contributed by atoms with E-state index in [4.69, 9.17) is 4.74 Å². The Morgan fingerprint density at radius 1 is 1.00 bits per heavy atom. The summed E-state index contributed by atoms with van der Waals surface area (Å²) >= 11 is 1.26. The number of thiophene rings is 1. The fraction of sp³-hybridized carbons (Fsp3) is 0.500. The molecule has 2 aromatic rings. The van der Waals surface area contributed by atoms with Crippen LogP contribution in [0.2, 0.25) is 0 Å². The number of hydrogen-bond acceptors (Lipinski definition) is 5. The molecule has 2 amide bonds. The first-order valence-electron chi connectivity index (χ1n) is 12.1. The van der Waals surface area contributed by atoms with Crippen LogP contribution in [0.5, 0.6) is 0 Å². The number of benzene rings is 1. The summed E-state index contributed by atoms with van der Waals surface area (Å²) in [5.41, 5.74) is 3.96. The van der Waals surface area contributed by atoms with E-state index in [-0.39, 0.29) is 24.4 Å². The Kier molecular flexibility index (Phi) is 7.68. The van der Waals surface area contributed by atoms with Crippen molar-refractivity contribution in [2.24, 2.45) is 0 Å². The first-order chi connectivity index (χ1) is 16.4. The molecule has 0 radical (unpaired) electrons. The molecule has 0 spiro atoms. The van der Waals surface area contributed by atoms with Crippen molar-refractivity contribution in [2.45, 2.75) is 51.5 Å². The molecule has 1 aromatic carbocycles. The van der Waals surface area contributed by atoms with Gasteiger partial charge < -0.3 is 19.9 Å². The summed E-state index contributed by atoms with van der Waals surface area (Å²) < 4.78 is 5.31. The van der Waals surface area contributed by atoms with Gasteiger partial charge >= 0.3 is 5.97 Å². The molecule has 1 fully saturated rings. The van der Waals surface area contributed by atoms with E-state index in [0.717, 1.165) is 57.2 Å². The second-order valence-corrected chi connectivity index (χ2v) is 10.5. The summed E-state index contributed by atoms with van der Waals surface area (Å²) in [6, 6.07) is 8.45. The van der Waals surface area contributed by atoms with Gasteiger partial charge in [0.15, 0.2) is 13.1 Å². The number of fused-ring (bicyclic) bond motifs is 1. The molecular formula is C26H34N3O4S+. The van der Waals surface area contributed by atoms with Crippen LogP contribution in [0, 0.1) is 6.92 Å². The van der Waals surface area contributed by atoms with Crippen LogP contribution in [0.3, 0.4) is 0 Å². The molecule has 0 saturated carbocycles. The number of aryl methyl sites for hydroxylation is 1. The highest BCUT2D eigenvalue weighted by atomic mass is 32.1. The number of esters is 1. The molecule has 2 aliphatic rings. The minimum Gasteiger partial charge on any atom is -0.465 e. The van der Waals surface area contributed by atoms with E-state index in [0.29, 0.717) is 21.6 Å². The number of anilines is 1. The predicted molar refractivity (Wildman–Crippen MR) is 133 cm³/mol. The molecule has 0 unspecified atom stereocenters. The lowest BCUT2D eigenvalue weighted by Crippen LogP contribution is -2.58. The second-order valence-electron chi connectivity index (χ2n) is 9.62. The van der Waals surface area contributed by atoms with E-state index in [9.17, 15) is 14.4 Å². The molecule has 34 heavy (non-hydrogen) atoms. The number of carbonyl (C=O) groups is 3. The summed E-state index contributed by atoms with van der Waals surface area (Å²) in [7, 11) is 1.34. The Bertz CT molecular complexity index is 1030. The minimum absolute atomic E-state index is 0.00877. The standard InChI is InChI=1S/C26H33N3O4S/c1-18-17-34-25(26(32)33-2)24(18)28-23(31)16-29(11-7-3-4-8-12-29)15-22(30)27-21-13-19-9-5-6-10-20(19)14-21/h5-6,9-10,17,21H,3-4,7-8,11-16H2,1-2H3,(H-,27,28,30,31,32)/p+1. The molecule has 1 aromatic heterocycles. The predicted octanol–water partition coefficient (Wildman–Crippen LogP) is 3.46. The zero-order chi connectivity index (χ0) is 24.1. The number of rotatable bonds is 7. The summed E-state index contributed by atoms with van der Waals surface area (Å²) in [5, 5.41) is 8.02. The Labute approximate surface area is 205 Å². The maximum Gasteiger partial charge on any atom is 0.350 e. The van der Waals surface area contributed by atoms with Gasteiger partial charge in [-0.25, -0.2) is 4.79 Å². The van der Waals surface area contributed by atoms with Gasteiger partial charge in [-0.15, -0.1) is 11.3 Å². The van der Waals surface area contributed by atoms with Crippen molar-refractivity contribution in [2.75, 3.05) is 38.6 Å². The lowest BCUT2D eigenvalue weighted by molar-refractivity contribution is -0.912. The Hall–Kier alpha value is -2.71. The third-order valence-electron chi connectivity index (χ3n) is 7.00. The molecular weight excluding hydrogens is 450 g/mol. The highest BCUT2D eigenvalue weighted by Gasteiger charge is 2.35. The Balaban J connectivity index is 1.43. The first-order valence-corrected chi connectivity index (χ1v) is 12.9. The topological polar surface area (TPSA) is 84.5 Å². The third-order valence-corrected chi connectivity index (χ3v) is 8.08. The van der Waals surface area contributed by atoms with Crippen molar-refractivity contribution in [3.05, 3.63) is 51.2 Å². The van der Waals surface area contributed by atoms with Gasteiger partial charge in [-0.2, -0.15) is 0 Å². The molecule has 8 heteroatoms. The number of hydrogen-bond donors (Lipinski definition) is 2. The van der Waals surface area contributed by atoms with Crippen molar-refractivity contribution in [1.82, 2.24) is 5.32 Å². The Morgan fingerprint density at radius 3 is 2.24 bits per heavy atom. The molecule has 1 aliphatic heterocycles. The minimum atomic E-state index is -0.455. The van der Waals surface area contributed by atoms with E-state index in [2.05, 4.69) is 22.8 Å². The van der Waals surface area contributed by atoms with Gasteiger partial charge in [0.25, 0.3) is 11.8 Å². The van der Waals surface area contributed by atoms with Crippen molar-refractivity contribution in [3.63, 3.8) is 0 Å². The van der Waals surface area contributed by atoms with E-state index < -0.39 is 5.97 Å². The SMILES string of the molecule is COC(=O)c1scc(C)c1NC(=O)C[N+]1(CC(=O)NC2Cc3ccccc3C2)CCCCCC1. The van der Waals surface area contributed by atoms with Crippen LogP contribution in [-0.2, 0) is 27.2 Å². The van der Waals surface area contributed by atoms with Crippen molar-refractivity contribution >= 4 is 34.8 Å². The molecule has 0 atom stereocenters. The number of nitrogens with one attached hydrogen (secondary N) is 2. The van der Waals surface area contributed by atoms with Crippen molar-refractivity contribution in [1.29, 1.82) is 0 Å². The molecule has 7 nitrogen and oxygen atoms in total. The van der Waals surface area contributed by atoms with Crippen LogP contribution in [-0.4, -0.2) is 61.6 Å². The van der Waals surface area contributed by atoms with Crippen molar-refractivity contribution < 1.29 is 23.6 Å². The van der Waals surface area contributed by atoms with E-state index >= 15 is 0 Å². The van der Waals surface area contributed by atoms with Gasteiger partial charge in [0.05, 0.1) is 25.9 Å². The average molecular weight is 485 g/mol. The molecule has 1 saturated heterocycles. The largest absolute Gasteiger partial charge is 0.465 e. The monoisotopic (exact) mass is 484 g/mol. The van der Waals surface area contributed by atoms with Crippen LogP contribution < -0.4 is 10.6 Å². The summed E-state index contributed by atoms with van der Waals surface area (Å²) in [4.78, 5) is 38.8. The molecule has 0 bridgehead atoms. The van der Waals surface area contributed by atoms with Gasteiger partial charge in [0.1, 0.15) is 4.88 Å². The maximum absolute atomic E-state index is 13.2. The lowest BCUT2D eigenvalue weighted by Gasteiger charge is -2.36. The molecule has 4 rings (SSSR count). The zero-order valence-electron chi connectivity index (χ0n) is 20.0. The van der Waals surface area contributed by atoms with Gasteiger partial charge in [-0.1, -0.05) is 24.3 Å². The van der Waals surface area contributed by atoms with Crippen LogP contribution in [0.25, 0.3) is 0 Å². The quantitative estimate of drug-likeness (QED) is 0.466. The van der Waals surface area contributed by atoms with E-state index in [1.165, 1.54) is 29.6 Å². The van der Waals surface area contributed by atoms with Gasteiger partial charge in [0.2, 0.25) is 0 Å². The van der Waals surface area contributed by atoms with Crippen molar-refractivity contribution in [3.8, 4) is 0 Å². The lowest BCUT2D eigenvalue weighted by atomic mass is 10.1. The molecule has 2 N–H and O–H groups in total. The maximum atomic E-state index is 13.2. The fourth-order valence-electron chi connectivity index (χ4n) is 5.30. The van der Waals surface area contributed by atoms with Gasteiger partial charge in [-0.05, 0) is 67.5 Å². The van der Waals surface area contributed by atoms with Gasteiger partial charge in [0, 0.05) is 6.04 Å². The third kappa shape index (κ3) is 5.67. The zero-order valence-corrected chi connectivity index (χ0v) is 20.8. The second kappa shape index (κ2) is 10.7. The number of amides is 2. The number of methoxy groups -OCH3 is 1. The normalized spacial score (nSPS) is 17.5. The number of carbonyl (C=O) groups excluding carboxylic acids is 3. The number of likely N-dealkylation sites (tertiary alicyclic amines) is 1. The number of ether oxygens (including phenoxy) is 1. The molecule has 2 heterocycles. The average Bonchev–Trinajstić information content (AvgIpc) is 3.29. The first kappa shape index (κ1) is 24.4. The number of nitrogens with zero attached hydrogens (tertiary/aromatic N) is 1. The summed E-state index contributed by atoms with van der Waals surface area (Å²) in [5.74, 6) is -0.617. The van der Waals surface area contributed by atoms with Gasteiger partial charge in [-0.3, -0.25) is 9.59 Å². The van der Waals surface area contributed by atoms with Crippen LogP contribution in [0.4, 0.5) is 5.69 Å². The van der Waals surface area contributed by atoms with Crippen LogP contribution in [0.1, 0.15) is 52.0 Å². The van der Waals surface area contributed by atoms with E-state index in [1.807, 2.05) is 24.4 Å². The number of quaternary nitrogens is 1. The fourth-order valence-corrected chi connectivity index (χ4v) is 6.22. The summed E-state index contributed by atoms with van der Waals surface area (Å²) in [6.45, 7) is 3.99. The van der Waals surface area contributed by atoms with Crippen LogP contribution in [0.15, 0.2) is 29.6 Å². The van der Waals surface area contributed by atoms with E-state index in [1.54, 1.807) is 0 Å². The highest BCUT2D eigenvalue weighted by molar-refractivity contribution is 7.12. The molecule has 182 valence electrons. The summed E-state index contributed by atoms with van der Waals surface area (Å²) in [6.07, 6.45) is 5.96. The molecule has 1 aliphatic carbocycles. The highest BCUT2D eigenvalue weighted by Crippen LogP contribution is 2.29. The van der Waals surface area contributed by atoms with Crippen LogP contribution >= 0.6 is 11.3 Å². The smallest absolute Gasteiger partial charge is 0.350 e. The Morgan fingerprint density at radius 2 is 1.62 bits per heavy atom.